The summed E-state index contributed by atoms with van der Waals surface area (Å²) in [5, 5.41) is 1.42. The van der Waals surface area contributed by atoms with Gasteiger partial charge in [-0.3, -0.25) is 9.59 Å². The van der Waals surface area contributed by atoms with Crippen molar-refractivity contribution in [1.82, 2.24) is 0 Å². The molecule has 100 valence electrons. The molecule has 2 aromatic rings. The summed E-state index contributed by atoms with van der Waals surface area (Å²) in [5.74, 6) is -0.497. The van der Waals surface area contributed by atoms with Gasteiger partial charge in [-0.15, -0.1) is 0 Å². The minimum Gasteiger partial charge on any atom is -0.495 e. The van der Waals surface area contributed by atoms with Gasteiger partial charge < -0.3 is 4.74 Å². The molecular weight excluding hydrogens is 299 g/mol. The molecule has 0 saturated carbocycles. The van der Waals surface area contributed by atoms with E-state index in [0.29, 0.717) is 16.5 Å². The van der Waals surface area contributed by atoms with E-state index in [4.69, 9.17) is 27.9 Å². The maximum absolute atomic E-state index is 12.2. The first-order valence-corrected chi connectivity index (χ1v) is 6.56. The summed E-state index contributed by atoms with van der Waals surface area (Å²) in [6.45, 7) is 0. The number of methoxy groups -OCH3 is 1. The molecule has 3 nitrogen and oxygen atoms in total. The number of fused-ring (bicyclic) bond motifs is 2. The molecule has 0 saturated heterocycles. The molecule has 3 rings (SSSR count). The Labute approximate surface area is 124 Å². The average Bonchev–Trinajstić information content (AvgIpc) is 2.45. The number of ether oxygens (including phenoxy) is 1. The molecule has 0 heterocycles. The highest BCUT2D eigenvalue weighted by molar-refractivity contribution is 6.52. The molecule has 1 aliphatic rings. The number of carbonyl (C=O) groups is 2. The molecule has 0 aromatic heterocycles. The van der Waals surface area contributed by atoms with E-state index in [1.165, 1.54) is 7.11 Å². The Kier molecular flexibility index (Phi) is 3.04. The van der Waals surface area contributed by atoms with E-state index in [-0.39, 0.29) is 27.0 Å². The first-order chi connectivity index (χ1) is 9.56. The van der Waals surface area contributed by atoms with Crippen LogP contribution in [0.3, 0.4) is 0 Å². The van der Waals surface area contributed by atoms with Crippen molar-refractivity contribution in [2.45, 2.75) is 0 Å². The van der Waals surface area contributed by atoms with Gasteiger partial charge in [0.15, 0.2) is 5.78 Å². The van der Waals surface area contributed by atoms with Gasteiger partial charge in [-0.05, 0) is 0 Å². The van der Waals surface area contributed by atoms with E-state index < -0.39 is 5.78 Å². The van der Waals surface area contributed by atoms with E-state index >= 15 is 0 Å². The smallest absolute Gasteiger partial charge is 0.206 e. The van der Waals surface area contributed by atoms with Crippen LogP contribution in [0.2, 0.25) is 5.02 Å². The molecular formula is C15H8Cl2O3. The lowest BCUT2D eigenvalue weighted by atomic mass is 9.90. The second kappa shape index (κ2) is 4.62. The third-order valence-electron chi connectivity index (χ3n) is 3.26. The first kappa shape index (κ1) is 13.2. The lowest BCUT2D eigenvalue weighted by Gasteiger charge is -2.19. The van der Waals surface area contributed by atoms with Crippen molar-refractivity contribution < 1.29 is 14.3 Å². The fourth-order valence-corrected chi connectivity index (χ4v) is 2.94. The minimum absolute atomic E-state index is 0.111. The van der Waals surface area contributed by atoms with Gasteiger partial charge in [-0.25, -0.2) is 0 Å². The number of hydrogen-bond donors (Lipinski definition) is 0. The fourth-order valence-electron chi connectivity index (χ4n) is 2.40. The highest BCUT2D eigenvalue weighted by atomic mass is 35.5. The highest BCUT2D eigenvalue weighted by Crippen LogP contribution is 2.42. The van der Waals surface area contributed by atoms with Crippen LogP contribution in [0, 0.1) is 0 Å². The van der Waals surface area contributed by atoms with Crippen molar-refractivity contribution in [1.29, 1.82) is 0 Å². The second-order valence-electron chi connectivity index (χ2n) is 4.33. The third kappa shape index (κ3) is 1.67. The van der Waals surface area contributed by atoms with E-state index in [1.807, 2.05) is 6.07 Å². The maximum atomic E-state index is 12.2. The first-order valence-electron chi connectivity index (χ1n) is 5.80. The van der Waals surface area contributed by atoms with Crippen molar-refractivity contribution in [2.75, 3.05) is 7.11 Å². The SMILES string of the molecule is COc1c2c(c(Cl)c3ccccc13)C(=O)C(Cl)=CC2=O. The van der Waals surface area contributed by atoms with Crippen LogP contribution in [0.1, 0.15) is 20.7 Å². The largest absolute Gasteiger partial charge is 0.495 e. The van der Waals surface area contributed by atoms with Gasteiger partial charge in [-0.1, -0.05) is 47.5 Å². The van der Waals surface area contributed by atoms with Crippen LogP contribution < -0.4 is 4.74 Å². The fraction of sp³-hybridized carbons (Fsp3) is 0.0667. The zero-order valence-corrected chi connectivity index (χ0v) is 11.9. The number of allylic oxidation sites excluding steroid dienone is 2. The monoisotopic (exact) mass is 306 g/mol. The second-order valence-corrected chi connectivity index (χ2v) is 5.11. The number of carbonyl (C=O) groups excluding carboxylic acids is 2. The number of halogens is 2. The number of Topliss-reactive ketones (excluding diaryl/α,β-unsaturated/α-hetero) is 1. The molecule has 5 heteroatoms. The van der Waals surface area contributed by atoms with E-state index in [1.54, 1.807) is 18.2 Å². The standard InChI is InChI=1S/C15H8Cl2O3/c1-20-15-8-5-3-2-4-7(8)13(17)12-11(15)10(18)6-9(16)14(12)19/h2-6H,1H3. The summed E-state index contributed by atoms with van der Waals surface area (Å²) in [7, 11) is 1.45. The van der Waals surface area contributed by atoms with Gasteiger partial charge in [0.2, 0.25) is 5.78 Å². The topological polar surface area (TPSA) is 43.4 Å². The zero-order valence-electron chi connectivity index (χ0n) is 10.4. The predicted molar refractivity (Wildman–Crippen MR) is 78.1 cm³/mol. The van der Waals surface area contributed by atoms with Crippen LogP contribution in [0.15, 0.2) is 35.4 Å². The van der Waals surface area contributed by atoms with Crippen LogP contribution >= 0.6 is 23.2 Å². The summed E-state index contributed by atoms with van der Waals surface area (Å²) < 4.78 is 5.33. The molecule has 0 bridgehead atoms. The summed E-state index contributed by atoms with van der Waals surface area (Å²) in [6.07, 6.45) is 1.10. The van der Waals surface area contributed by atoms with Crippen LogP contribution in [0.4, 0.5) is 0 Å². The predicted octanol–water partition coefficient (Wildman–Crippen LogP) is 4.00. The number of hydrogen-bond acceptors (Lipinski definition) is 3. The molecule has 0 aliphatic heterocycles. The van der Waals surface area contributed by atoms with Gasteiger partial charge in [-0.2, -0.15) is 0 Å². The number of benzene rings is 2. The average molecular weight is 307 g/mol. The highest BCUT2D eigenvalue weighted by Gasteiger charge is 2.32. The molecule has 0 fully saturated rings. The summed E-state index contributed by atoms with van der Waals surface area (Å²) in [4.78, 5) is 24.4. The lowest BCUT2D eigenvalue weighted by Crippen LogP contribution is -2.17. The Morgan fingerprint density at radius 2 is 1.65 bits per heavy atom. The molecule has 1 aliphatic carbocycles. The van der Waals surface area contributed by atoms with E-state index in [2.05, 4.69) is 0 Å². The number of ketones is 2. The molecule has 0 radical (unpaired) electrons. The zero-order chi connectivity index (χ0) is 14.4. The third-order valence-corrected chi connectivity index (χ3v) is 3.93. The van der Waals surface area contributed by atoms with Gasteiger partial charge in [0.05, 0.1) is 28.3 Å². The Hall–Kier alpha value is -1.84. The molecule has 0 spiro atoms. The Morgan fingerprint density at radius 3 is 2.30 bits per heavy atom. The van der Waals surface area contributed by atoms with Crippen molar-refractivity contribution in [3.8, 4) is 5.75 Å². The molecule has 0 amide bonds. The molecule has 0 unspecified atom stereocenters. The summed E-state index contributed by atoms with van der Waals surface area (Å²) >= 11 is 12.1. The Bertz CT molecular complexity index is 806. The normalized spacial score (nSPS) is 14.2. The molecule has 20 heavy (non-hydrogen) atoms. The Balaban J connectivity index is 2.55. The van der Waals surface area contributed by atoms with Crippen molar-refractivity contribution in [3.05, 3.63) is 51.5 Å². The van der Waals surface area contributed by atoms with Crippen LogP contribution in [0.25, 0.3) is 10.8 Å². The quantitative estimate of drug-likeness (QED) is 0.799. The van der Waals surface area contributed by atoms with Gasteiger partial charge in [0.1, 0.15) is 5.75 Å². The van der Waals surface area contributed by atoms with Gasteiger partial charge >= 0.3 is 0 Å². The molecule has 0 N–H and O–H groups in total. The van der Waals surface area contributed by atoms with E-state index in [0.717, 1.165) is 6.08 Å². The summed E-state index contributed by atoms with van der Waals surface area (Å²) in [6, 6.07) is 7.17. The van der Waals surface area contributed by atoms with Crippen LogP contribution in [-0.2, 0) is 0 Å². The van der Waals surface area contributed by atoms with Crippen LogP contribution in [0.5, 0.6) is 5.75 Å². The number of rotatable bonds is 1. The van der Waals surface area contributed by atoms with Crippen LogP contribution in [-0.4, -0.2) is 18.7 Å². The van der Waals surface area contributed by atoms with Gasteiger partial charge in [0, 0.05) is 16.8 Å². The van der Waals surface area contributed by atoms with E-state index in [9.17, 15) is 9.59 Å². The molecule has 2 aromatic carbocycles. The maximum Gasteiger partial charge on any atom is 0.206 e. The van der Waals surface area contributed by atoms with Gasteiger partial charge in [0.25, 0.3) is 0 Å². The summed E-state index contributed by atoms with van der Waals surface area (Å²) in [5.41, 5.74) is 0.283. The van der Waals surface area contributed by atoms with Crippen molar-refractivity contribution in [3.63, 3.8) is 0 Å². The lowest BCUT2D eigenvalue weighted by molar-refractivity contribution is 0.0988. The van der Waals surface area contributed by atoms with Crippen molar-refractivity contribution >= 4 is 45.5 Å². The van der Waals surface area contributed by atoms with Crippen molar-refractivity contribution in [2.24, 2.45) is 0 Å². The Morgan fingerprint density at radius 1 is 1.00 bits per heavy atom. The minimum atomic E-state index is -0.463. The molecule has 0 atom stereocenters.